The molecule has 0 bridgehead atoms. The monoisotopic (exact) mass is 612 g/mol. The number of para-hydroxylation sites is 1. The predicted molar refractivity (Wildman–Crippen MR) is 97.3 cm³/mol. The van der Waals surface area contributed by atoms with E-state index in [0.29, 0.717) is 7.11 Å². The van der Waals surface area contributed by atoms with E-state index in [1.54, 1.807) is 6.92 Å². The van der Waals surface area contributed by atoms with Crippen molar-refractivity contribution in [2.24, 2.45) is 0 Å². The Morgan fingerprint density at radius 2 is 1.03 bits per heavy atom. The first-order valence-corrected chi connectivity index (χ1v) is 10.2. The molecule has 1 unspecified atom stereocenters. The van der Waals surface area contributed by atoms with Crippen LogP contribution in [0.5, 0.6) is 5.75 Å². The summed E-state index contributed by atoms with van der Waals surface area (Å²) in [5, 5.41) is 0. The van der Waals surface area contributed by atoms with E-state index in [4.69, 9.17) is 4.74 Å². The zero-order valence-corrected chi connectivity index (χ0v) is 19.2. The quantitative estimate of drug-likeness (QED) is 0.208. The fourth-order valence-electron chi connectivity index (χ4n) is 2.97. The predicted octanol–water partition coefficient (Wildman–Crippen LogP) is 8.56. The number of hydrogen-bond acceptors (Lipinski definition) is 2. The third-order valence-electron chi connectivity index (χ3n) is 5.24. The van der Waals surface area contributed by atoms with Crippen LogP contribution in [-0.2, 0) is 4.74 Å². The van der Waals surface area contributed by atoms with E-state index in [2.05, 4.69) is 4.74 Å². The van der Waals surface area contributed by atoms with Crippen LogP contribution in [0.4, 0.5) is 74.6 Å². The molecule has 1 aromatic carbocycles. The van der Waals surface area contributed by atoms with Gasteiger partial charge in [0.15, 0.2) is 0 Å². The molecule has 0 aliphatic heterocycles. The Morgan fingerprint density at radius 1 is 0.615 bits per heavy atom. The number of alkyl halides is 17. The number of halogens is 17. The minimum absolute atomic E-state index is 0.129. The van der Waals surface area contributed by atoms with Gasteiger partial charge in [-0.25, -0.2) is 0 Å². The lowest BCUT2D eigenvalue weighted by molar-refractivity contribution is -0.462. The Kier molecular flexibility index (Phi) is 9.50. The van der Waals surface area contributed by atoms with Gasteiger partial charge in [0, 0.05) is 19.1 Å². The highest BCUT2D eigenvalue weighted by Gasteiger charge is 2.95. The molecule has 0 aromatic heterocycles. The molecule has 0 radical (unpaired) electrons. The molecule has 19 heteroatoms. The molecule has 0 saturated carbocycles. The van der Waals surface area contributed by atoms with Gasteiger partial charge in [0.05, 0.1) is 12.7 Å². The Hall–Kier alpha value is -2.21. The number of ether oxygens (including phenoxy) is 2. The van der Waals surface area contributed by atoms with E-state index in [1.165, 1.54) is 6.07 Å². The van der Waals surface area contributed by atoms with Gasteiger partial charge >= 0.3 is 47.6 Å². The van der Waals surface area contributed by atoms with Crippen molar-refractivity contribution in [1.29, 1.82) is 0 Å². The molecule has 0 fully saturated rings. The molecule has 0 N–H and O–H groups in total. The van der Waals surface area contributed by atoms with E-state index < -0.39 is 65.7 Å². The Balaban J connectivity index is 3.59. The highest BCUT2D eigenvalue weighted by atomic mass is 19.4. The van der Waals surface area contributed by atoms with Crippen LogP contribution in [0.15, 0.2) is 24.3 Å². The Bertz CT molecular complexity index is 971. The third kappa shape index (κ3) is 5.42. The van der Waals surface area contributed by atoms with Crippen molar-refractivity contribution in [3.05, 3.63) is 29.8 Å². The van der Waals surface area contributed by atoms with Gasteiger partial charge in [-0.15, -0.1) is 0 Å². The lowest BCUT2D eigenvalue weighted by Crippen LogP contribution is -2.74. The molecule has 0 aliphatic carbocycles. The highest BCUT2D eigenvalue weighted by Crippen LogP contribution is 2.64. The summed E-state index contributed by atoms with van der Waals surface area (Å²) >= 11 is 0. The van der Waals surface area contributed by atoms with E-state index in [0.717, 1.165) is 18.2 Å². The van der Waals surface area contributed by atoms with E-state index in [9.17, 15) is 74.6 Å². The summed E-state index contributed by atoms with van der Waals surface area (Å²) in [5.41, 5.74) is -0.583. The maximum atomic E-state index is 14.4. The summed E-state index contributed by atoms with van der Waals surface area (Å²) in [5.74, 6) is -57.1. The van der Waals surface area contributed by atoms with Crippen molar-refractivity contribution in [1.82, 2.24) is 0 Å². The number of rotatable bonds is 13. The van der Waals surface area contributed by atoms with Crippen LogP contribution in [0, 0.1) is 0 Å². The maximum Gasteiger partial charge on any atom is 0.460 e. The van der Waals surface area contributed by atoms with Gasteiger partial charge < -0.3 is 9.47 Å². The van der Waals surface area contributed by atoms with Crippen LogP contribution in [0.25, 0.3) is 0 Å². The molecular weight excluding hydrogens is 595 g/mol. The fourth-order valence-corrected chi connectivity index (χ4v) is 2.97. The molecule has 0 saturated heterocycles. The van der Waals surface area contributed by atoms with Gasteiger partial charge in [-0.3, -0.25) is 0 Å². The van der Waals surface area contributed by atoms with Crippen LogP contribution in [0.2, 0.25) is 0 Å². The van der Waals surface area contributed by atoms with Gasteiger partial charge in [-0.2, -0.15) is 74.6 Å². The van der Waals surface area contributed by atoms with Gasteiger partial charge in [0.25, 0.3) is 0 Å². The topological polar surface area (TPSA) is 18.5 Å². The second-order valence-corrected chi connectivity index (χ2v) is 7.96. The van der Waals surface area contributed by atoms with Crippen LogP contribution in [0.1, 0.15) is 31.4 Å². The summed E-state index contributed by atoms with van der Waals surface area (Å²) in [6, 6.07) is 4.16. The summed E-state index contributed by atoms with van der Waals surface area (Å²) in [6.45, 7) is 1.42. The summed E-state index contributed by atoms with van der Waals surface area (Å²) in [7, 11) is 0.524. The highest BCUT2D eigenvalue weighted by molar-refractivity contribution is 5.35. The first kappa shape index (κ1) is 34.8. The van der Waals surface area contributed by atoms with Crippen LogP contribution in [-0.4, -0.2) is 61.4 Å². The number of benzene rings is 1. The van der Waals surface area contributed by atoms with Crippen molar-refractivity contribution in [3.8, 4) is 5.75 Å². The molecule has 39 heavy (non-hydrogen) atoms. The minimum atomic E-state index is -8.66. The first-order valence-electron chi connectivity index (χ1n) is 10.2. The van der Waals surface area contributed by atoms with Crippen LogP contribution >= 0.6 is 0 Å². The summed E-state index contributed by atoms with van der Waals surface area (Å²) < 4.78 is 238. The molecular formula is C20H17F17O2. The fraction of sp³-hybridized carbons (Fsp3) is 0.700. The van der Waals surface area contributed by atoms with E-state index in [-0.39, 0.29) is 18.8 Å². The molecule has 1 atom stereocenters. The zero-order valence-electron chi connectivity index (χ0n) is 19.2. The number of methoxy groups -OCH3 is 1. The largest absolute Gasteiger partial charge is 0.493 e. The average molecular weight is 612 g/mol. The molecule has 0 amide bonds. The lowest BCUT2D eigenvalue weighted by atomic mass is 9.87. The second-order valence-electron chi connectivity index (χ2n) is 7.96. The van der Waals surface area contributed by atoms with Gasteiger partial charge in [-0.1, -0.05) is 25.1 Å². The molecule has 0 heterocycles. The second kappa shape index (κ2) is 10.6. The molecule has 228 valence electrons. The molecule has 1 aromatic rings. The minimum Gasteiger partial charge on any atom is -0.493 e. The van der Waals surface area contributed by atoms with Gasteiger partial charge in [0.2, 0.25) is 0 Å². The Labute approximate surface area is 208 Å². The van der Waals surface area contributed by atoms with Gasteiger partial charge in [-0.05, 0) is 12.5 Å². The Morgan fingerprint density at radius 3 is 1.44 bits per heavy atom. The van der Waals surface area contributed by atoms with Crippen molar-refractivity contribution in [2.75, 3.05) is 13.7 Å². The molecule has 1 rings (SSSR count). The van der Waals surface area contributed by atoms with E-state index in [1.807, 2.05) is 0 Å². The normalized spacial score (nSPS) is 15.9. The number of hydrogen-bond donors (Lipinski definition) is 0. The van der Waals surface area contributed by atoms with Crippen molar-refractivity contribution >= 4 is 0 Å². The van der Waals surface area contributed by atoms with E-state index >= 15 is 0 Å². The summed E-state index contributed by atoms with van der Waals surface area (Å²) in [6.07, 6.45) is -12.7. The van der Waals surface area contributed by atoms with Crippen LogP contribution < -0.4 is 4.74 Å². The maximum absolute atomic E-state index is 14.4. The van der Waals surface area contributed by atoms with Crippen LogP contribution in [0.3, 0.4) is 0 Å². The van der Waals surface area contributed by atoms with Crippen molar-refractivity contribution in [2.45, 2.75) is 73.5 Å². The first-order chi connectivity index (χ1) is 17.2. The lowest BCUT2D eigenvalue weighted by Gasteiger charge is -2.43. The average Bonchev–Trinajstić information content (AvgIpc) is 2.79. The summed E-state index contributed by atoms with van der Waals surface area (Å²) in [4.78, 5) is 0. The van der Waals surface area contributed by atoms with Crippen molar-refractivity contribution < 1.29 is 84.1 Å². The third-order valence-corrected chi connectivity index (χ3v) is 5.24. The molecule has 2 nitrogen and oxygen atoms in total. The zero-order chi connectivity index (χ0) is 31.1. The molecule has 0 aliphatic rings. The smallest absolute Gasteiger partial charge is 0.460 e. The van der Waals surface area contributed by atoms with Crippen molar-refractivity contribution in [3.63, 3.8) is 0 Å². The SMILES string of the molecule is CCCOc1ccccc1C(CC(F)(F)C(F)(F)C(F)(F)C(F)(F)C(F)(F)C(F)(F)C(F)(F)C(F)(F)F)OC. The standard InChI is InChI=1S/C20H17F17O2/c1-3-8-39-11-7-5-4-6-10(11)12(38-2)9-13(21,22)14(23,24)15(25,26)16(27,28)17(29,30)18(31,32)19(33,34)20(35,36)37/h4-7,12H,3,8-9H2,1-2H3. The molecule has 0 spiro atoms. The van der Waals surface area contributed by atoms with Gasteiger partial charge in [0.1, 0.15) is 5.75 Å².